The van der Waals surface area contributed by atoms with E-state index in [1.54, 1.807) is 0 Å². The lowest BCUT2D eigenvalue weighted by Crippen LogP contribution is -2.40. The Bertz CT molecular complexity index is 922. The number of carbonyl (C=O) groups is 1. The first kappa shape index (κ1) is 19.6. The highest BCUT2D eigenvalue weighted by Gasteiger charge is 2.46. The van der Waals surface area contributed by atoms with Gasteiger partial charge in [-0.2, -0.15) is 0 Å². The van der Waals surface area contributed by atoms with Gasteiger partial charge in [-0.05, 0) is 78.7 Å². The van der Waals surface area contributed by atoms with Gasteiger partial charge < -0.3 is 14.8 Å². The number of cyclic esters (lactones) is 1. The Morgan fingerprint density at radius 1 is 1.10 bits per heavy atom. The smallest absolute Gasteiger partial charge is 0.407 e. The van der Waals surface area contributed by atoms with Crippen molar-refractivity contribution in [1.29, 1.82) is 0 Å². The lowest BCUT2D eigenvalue weighted by atomic mass is 9.85. The Balaban J connectivity index is 1.19. The lowest BCUT2D eigenvalue weighted by molar-refractivity contribution is 0.0319. The molecule has 2 fully saturated rings. The number of fused-ring (bicyclic) bond motifs is 1. The van der Waals surface area contributed by atoms with Crippen LogP contribution in [0, 0.1) is 0 Å². The van der Waals surface area contributed by atoms with E-state index in [2.05, 4.69) is 54.7 Å². The first-order valence-electron chi connectivity index (χ1n) is 11.4. The van der Waals surface area contributed by atoms with Gasteiger partial charge in [0.05, 0.1) is 18.2 Å². The van der Waals surface area contributed by atoms with E-state index in [9.17, 15) is 4.79 Å². The van der Waals surface area contributed by atoms with Crippen LogP contribution in [-0.2, 0) is 35.3 Å². The van der Waals surface area contributed by atoms with E-state index >= 15 is 0 Å². The van der Waals surface area contributed by atoms with Gasteiger partial charge >= 0.3 is 6.09 Å². The molecule has 1 N–H and O–H groups in total. The zero-order valence-corrected chi connectivity index (χ0v) is 17.8. The summed E-state index contributed by atoms with van der Waals surface area (Å²) in [6.07, 6.45) is 7.40. The van der Waals surface area contributed by atoms with Crippen molar-refractivity contribution in [3.05, 3.63) is 70.3 Å². The van der Waals surface area contributed by atoms with Gasteiger partial charge in [0, 0.05) is 0 Å². The Morgan fingerprint density at radius 2 is 1.93 bits per heavy atom. The van der Waals surface area contributed by atoms with Gasteiger partial charge in [0.1, 0.15) is 6.61 Å². The van der Waals surface area contributed by atoms with Crippen LogP contribution < -0.4 is 5.32 Å². The molecule has 3 aliphatic rings. The maximum Gasteiger partial charge on any atom is 0.407 e. The number of hydrogen-bond donors (Lipinski definition) is 1. The van der Waals surface area contributed by atoms with E-state index in [-0.39, 0.29) is 11.6 Å². The highest BCUT2D eigenvalue weighted by Crippen LogP contribution is 2.43. The maximum atomic E-state index is 11.5. The Morgan fingerprint density at radius 3 is 2.70 bits per heavy atom. The minimum absolute atomic E-state index is 0.133. The van der Waals surface area contributed by atoms with E-state index in [1.165, 1.54) is 27.8 Å². The molecule has 158 valence electrons. The monoisotopic (exact) mass is 405 g/mol. The largest absolute Gasteiger partial charge is 0.447 e. The van der Waals surface area contributed by atoms with Crippen molar-refractivity contribution < 1.29 is 14.3 Å². The Labute approximate surface area is 179 Å². The number of amides is 1. The Hall–Kier alpha value is -2.33. The number of rotatable bonds is 5. The summed E-state index contributed by atoms with van der Waals surface area (Å²) in [4.78, 5) is 11.5. The summed E-state index contributed by atoms with van der Waals surface area (Å²) in [7, 11) is 0. The molecule has 1 spiro atoms. The van der Waals surface area contributed by atoms with Gasteiger partial charge in [0.15, 0.2) is 0 Å². The molecule has 2 aromatic carbocycles. The normalized spacial score (nSPS) is 27.7. The SMILES string of the molecule is CCc1ccc(COC2CCc3cc([C@H]4CC[C@]5(COC(=O)N5)C4)ccc3C2)cc1. The highest BCUT2D eigenvalue weighted by molar-refractivity contribution is 5.70. The van der Waals surface area contributed by atoms with E-state index in [0.29, 0.717) is 25.2 Å². The molecule has 2 aromatic rings. The second-order valence-corrected chi connectivity index (χ2v) is 9.30. The topological polar surface area (TPSA) is 47.6 Å². The summed E-state index contributed by atoms with van der Waals surface area (Å²) in [5.74, 6) is 0.511. The summed E-state index contributed by atoms with van der Waals surface area (Å²) in [6.45, 7) is 3.40. The number of hydrogen-bond acceptors (Lipinski definition) is 3. The van der Waals surface area contributed by atoms with Gasteiger partial charge in [0.25, 0.3) is 0 Å². The molecular weight excluding hydrogens is 374 g/mol. The molecule has 0 bridgehead atoms. The second kappa shape index (κ2) is 8.07. The van der Waals surface area contributed by atoms with Crippen LogP contribution in [0.5, 0.6) is 0 Å². The van der Waals surface area contributed by atoms with E-state index in [0.717, 1.165) is 44.9 Å². The number of ether oxygens (including phenoxy) is 2. The van der Waals surface area contributed by atoms with Crippen LogP contribution in [0.25, 0.3) is 0 Å². The Kier molecular flexibility index (Phi) is 5.28. The maximum absolute atomic E-state index is 11.5. The predicted octanol–water partition coefficient (Wildman–Crippen LogP) is 5.07. The highest BCUT2D eigenvalue weighted by atomic mass is 16.6. The van der Waals surface area contributed by atoms with E-state index in [4.69, 9.17) is 9.47 Å². The molecule has 1 aliphatic heterocycles. The number of carbonyl (C=O) groups excluding carboxylic acids is 1. The summed E-state index contributed by atoms with van der Waals surface area (Å²) in [5.41, 5.74) is 6.83. The zero-order chi connectivity index (χ0) is 20.6. The van der Waals surface area contributed by atoms with Crippen molar-refractivity contribution in [2.75, 3.05) is 6.61 Å². The molecule has 1 saturated heterocycles. The molecular formula is C26H31NO3. The minimum atomic E-state index is -0.256. The first-order chi connectivity index (χ1) is 14.6. The number of nitrogens with one attached hydrogen (secondary N) is 1. The van der Waals surface area contributed by atoms with Crippen molar-refractivity contribution in [3.8, 4) is 0 Å². The van der Waals surface area contributed by atoms with Gasteiger partial charge in [-0.15, -0.1) is 0 Å². The number of alkyl carbamates (subject to hydrolysis) is 1. The van der Waals surface area contributed by atoms with E-state index < -0.39 is 0 Å². The van der Waals surface area contributed by atoms with Gasteiger partial charge in [-0.25, -0.2) is 4.79 Å². The molecule has 2 aliphatic carbocycles. The third-order valence-electron chi connectivity index (χ3n) is 7.26. The van der Waals surface area contributed by atoms with Crippen molar-refractivity contribution in [1.82, 2.24) is 5.32 Å². The summed E-state index contributed by atoms with van der Waals surface area (Å²) >= 11 is 0. The lowest BCUT2D eigenvalue weighted by Gasteiger charge is -2.26. The average Bonchev–Trinajstić information content (AvgIpc) is 3.37. The van der Waals surface area contributed by atoms with Crippen LogP contribution in [0.4, 0.5) is 4.79 Å². The van der Waals surface area contributed by atoms with Crippen molar-refractivity contribution in [2.45, 2.75) is 76.0 Å². The van der Waals surface area contributed by atoms with Crippen LogP contribution in [-0.4, -0.2) is 24.3 Å². The van der Waals surface area contributed by atoms with Crippen molar-refractivity contribution in [3.63, 3.8) is 0 Å². The second-order valence-electron chi connectivity index (χ2n) is 9.30. The van der Waals surface area contributed by atoms with Crippen LogP contribution in [0.2, 0.25) is 0 Å². The predicted molar refractivity (Wildman–Crippen MR) is 117 cm³/mol. The molecule has 5 rings (SSSR count). The fraction of sp³-hybridized carbons (Fsp3) is 0.500. The molecule has 1 amide bonds. The van der Waals surface area contributed by atoms with Crippen LogP contribution in [0.15, 0.2) is 42.5 Å². The van der Waals surface area contributed by atoms with E-state index in [1.807, 2.05) is 0 Å². The number of aryl methyl sites for hydroxylation is 2. The number of benzene rings is 2. The van der Waals surface area contributed by atoms with Crippen LogP contribution in [0.3, 0.4) is 0 Å². The zero-order valence-electron chi connectivity index (χ0n) is 17.8. The molecule has 4 heteroatoms. The van der Waals surface area contributed by atoms with Crippen molar-refractivity contribution >= 4 is 6.09 Å². The third-order valence-corrected chi connectivity index (χ3v) is 7.26. The molecule has 30 heavy (non-hydrogen) atoms. The average molecular weight is 406 g/mol. The minimum Gasteiger partial charge on any atom is -0.447 e. The molecule has 3 atom stereocenters. The van der Waals surface area contributed by atoms with Crippen LogP contribution >= 0.6 is 0 Å². The third kappa shape index (κ3) is 3.98. The quantitative estimate of drug-likeness (QED) is 0.756. The van der Waals surface area contributed by atoms with Gasteiger partial charge in [-0.1, -0.05) is 49.4 Å². The molecule has 0 aromatic heterocycles. The van der Waals surface area contributed by atoms with Crippen molar-refractivity contribution in [2.24, 2.45) is 0 Å². The molecule has 1 unspecified atom stereocenters. The van der Waals surface area contributed by atoms with Crippen LogP contribution in [0.1, 0.15) is 66.3 Å². The summed E-state index contributed by atoms with van der Waals surface area (Å²) in [6, 6.07) is 15.8. The standard InChI is InChI=1S/C26H31NO3/c1-2-18-3-5-19(6-4-18)16-29-24-10-9-20-13-21(7-8-22(20)14-24)23-11-12-26(15-23)17-30-25(28)27-26/h3-8,13,23-24H,2,9-12,14-17H2,1H3,(H,27,28)/t23-,24?,26+/m0/s1. The van der Waals surface area contributed by atoms with Gasteiger partial charge in [0.2, 0.25) is 0 Å². The molecule has 4 nitrogen and oxygen atoms in total. The molecule has 0 radical (unpaired) electrons. The summed E-state index contributed by atoms with van der Waals surface area (Å²) < 4.78 is 11.4. The molecule has 1 saturated carbocycles. The summed E-state index contributed by atoms with van der Waals surface area (Å²) in [5, 5.41) is 3.05. The van der Waals surface area contributed by atoms with Gasteiger partial charge in [-0.3, -0.25) is 0 Å². The molecule has 1 heterocycles. The fourth-order valence-electron chi connectivity index (χ4n) is 5.37. The fourth-order valence-corrected chi connectivity index (χ4v) is 5.37. The first-order valence-corrected chi connectivity index (χ1v) is 11.4.